The Hall–Kier alpha value is -3.77. The summed E-state index contributed by atoms with van der Waals surface area (Å²) in [5, 5.41) is 4.06. The fourth-order valence-corrected chi connectivity index (χ4v) is 6.96. The van der Waals surface area contributed by atoms with Crippen molar-refractivity contribution in [3.63, 3.8) is 0 Å². The molecule has 4 aromatic rings. The van der Waals surface area contributed by atoms with E-state index in [-0.39, 0.29) is 23.5 Å². The number of nitrogens with zero attached hydrogens (tertiary/aromatic N) is 3. The van der Waals surface area contributed by atoms with Crippen molar-refractivity contribution in [3.8, 4) is 5.75 Å². The standard InChI is InChI=1S/C35H41FN4O5S/c1-44-33-10-6-27(20-31(33)36)24-38-13-11-29(12-14-38)37-35(41)34-21-28-19-26(5-9-32(28)45-34)23-40-17-15-39(16-18-40)22-25-3-7-30(8-4-25)46(2,42)43/h3-10,19-21,29H,11-18,22-24H2,1-2H3,(H,37,41). The van der Waals surface area contributed by atoms with Crippen LogP contribution in [-0.4, -0.2) is 87.7 Å². The Morgan fingerprint density at radius 2 is 1.39 bits per heavy atom. The van der Waals surface area contributed by atoms with Gasteiger partial charge in [0.1, 0.15) is 5.58 Å². The molecule has 0 radical (unpaired) electrons. The SMILES string of the molecule is COc1ccc(CN2CCC(NC(=O)c3cc4cc(CN5CCN(Cc6ccc(S(C)(=O)=O)cc6)CC5)ccc4o3)CC2)cc1F. The Morgan fingerprint density at radius 3 is 2.00 bits per heavy atom. The van der Waals surface area contributed by atoms with Crippen LogP contribution in [0.5, 0.6) is 5.75 Å². The molecule has 1 amide bonds. The van der Waals surface area contributed by atoms with Crippen LogP contribution in [0.1, 0.15) is 40.1 Å². The zero-order valence-electron chi connectivity index (χ0n) is 26.4. The summed E-state index contributed by atoms with van der Waals surface area (Å²) in [6.45, 7) is 7.66. The van der Waals surface area contributed by atoms with Crippen molar-refractivity contribution >= 4 is 26.7 Å². The number of hydrogen-bond donors (Lipinski definition) is 1. The molecule has 0 saturated carbocycles. The summed E-state index contributed by atoms with van der Waals surface area (Å²) in [5.41, 5.74) is 3.89. The number of likely N-dealkylation sites (tertiary alicyclic amines) is 1. The number of sulfone groups is 1. The van der Waals surface area contributed by atoms with E-state index in [4.69, 9.17) is 9.15 Å². The fourth-order valence-electron chi connectivity index (χ4n) is 6.33. The summed E-state index contributed by atoms with van der Waals surface area (Å²) in [6.07, 6.45) is 2.86. The van der Waals surface area contributed by atoms with Crippen LogP contribution in [-0.2, 0) is 29.5 Å². The van der Waals surface area contributed by atoms with Gasteiger partial charge in [0.05, 0.1) is 12.0 Å². The first-order valence-corrected chi connectivity index (χ1v) is 17.6. The predicted octanol–water partition coefficient (Wildman–Crippen LogP) is 4.70. The summed E-state index contributed by atoms with van der Waals surface area (Å²) in [4.78, 5) is 20.5. The second kappa shape index (κ2) is 13.9. The lowest BCUT2D eigenvalue weighted by Crippen LogP contribution is -2.45. The number of hydrogen-bond acceptors (Lipinski definition) is 8. The zero-order chi connectivity index (χ0) is 32.3. The molecule has 1 aromatic heterocycles. The molecule has 2 aliphatic rings. The van der Waals surface area contributed by atoms with Crippen LogP contribution in [0, 0.1) is 5.82 Å². The molecule has 46 heavy (non-hydrogen) atoms. The van der Waals surface area contributed by atoms with Crippen LogP contribution in [0.25, 0.3) is 11.0 Å². The number of halogens is 1. The van der Waals surface area contributed by atoms with Gasteiger partial charge in [0.15, 0.2) is 27.2 Å². The number of amides is 1. The maximum Gasteiger partial charge on any atom is 0.287 e. The van der Waals surface area contributed by atoms with Gasteiger partial charge in [-0.2, -0.15) is 0 Å². The van der Waals surface area contributed by atoms with Gasteiger partial charge in [-0.15, -0.1) is 0 Å². The number of nitrogens with one attached hydrogen (secondary N) is 1. The van der Waals surface area contributed by atoms with Crippen molar-refractivity contribution in [3.05, 3.63) is 95.0 Å². The van der Waals surface area contributed by atoms with E-state index in [9.17, 15) is 17.6 Å². The molecule has 11 heteroatoms. The van der Waals surface area contributed by atoms with Crippen molar-refractivity contribution in [2.75, 3.05) is 52.6 Å². The number of carbonyl (C=O) groups is 1. The van der Waals surface area contributed by atoms with Crippen LogP contribution >= 0.6 is 0 Å². The third-order valence-corrected chi connectivity index (χ3v) is 10.1. The second-order valence-corrected chi connectivity index (χ2v) is 14.5. The molecular formula is C35H41FN4O5S. The minimum atomic E-state index is -3.18. The van der Waals surface area contributed by atoms with Crippen molar-refractivity contribution in [2.24, 2.45) is 0 Å². The lowest BCUT2D eigenvalue weighted by atomic mass is 10.0. The quantitative estimate of drug-likeness (QED) is 0.265. The molecule has 2 aliphatic heterocycles. The molecule has 0 atom stereocenters. The largest absolute Gasteiger partial charge is 0.494 e. The number of carbonyl (C=O) groups excluding carboxylic acids is 1. The number of ether oxygens (including phenoxy) is 1. The van der Waals surface area contributed by atoms with Gasteiger partial charge in [-0.3, -0.25) is 19.5 Å². The highest BCUT2D eigenvalue weighted by atomic mass is 32.2. The van der Waals surface area contributed by atoms with Gasteiger partial charge in [-0.1, -0.05) is 24.3 Å². The first kappa shape index (κ1) is 32.2. The molecule has 2 saturated heterocycles. The van der Waals surface area contributed by atoms with Crippen LogP contribution in [0.15, 0.2) is 76.0 Å². The summed E-state index contributed by atoms with van der Waals surface area (Å²) in [6, 6.07) is 20.2. The van der Waals surface area contributed by atoms with Gasteiger partial charge in [0, 0.05) is 76.6 Å². The molecule has 2 fully saturated rings. The number of fused-ring (bicyclic) bond motifs is 1. The van der Waals surface area contributed by atoms with Gasteiger partial charge in [-0.05, 0) is 72.0 Å². The van der Waals surface area contributed by atoms with Gasteiger partial charge >= 0.3 is 0 Å². The normalized spacial score (nSPS) is 17.4. The van der Waals surface area contributed by atoms with Gasteiger partial charge in [0.25, 0.3) is 5.91 Å². The molecule has 0 bridgehead atoms. The number of benzene rings is 3. The molecule has 3 aromatic carbocycles. The molecule has 6 rings (SSSR count). The fraction of sp³-hybridized carbons (Fsp3) is 0.400. The highest BCUT2D eigenvalue weighted by molar-refractivity contribution is 7.90. The number of methoxy groups -OCH3 is 1. The van der Waals surface area contributed by atoms with Gasteiger partial charge in [-0.25, -0.2) is 12.8 Å². The van der Waals surface area contributed by atoms with Crippen LogP contribution in [0.4, 0.5) is 4.39 Å². The highest BCUT2D eigenvalue weighted by Gasteiger charge is 2.24. The predicted molar refractivity (Wildman–Crippen MR) is 175 cm³/mol. The minimum absolute atomic E-state index is 0.0608. The van der Waals surface area contributed by atoms with Crippen molar-refractivity contribution in [1.29, 1.82) is 0 Å². The Morgan fingerprint density at radius 1 is 0.826 bits per heavy atom. The molecule has 0 aliphatic carbocycles. The van der Waals surface area contributed by atoms with E-state index in [1.54, 1.807) is 18.2 Å². The molecule has 0 unspecified atom stereocenters. The lowest BCUT2D eigenvalue weighted by molar-refractivity contribution is 0.0883. The molecule has 9 nitrogen and oxygen atoms in total. The monoisotopic (exact) mass is 648 g/mol. The number of rotatable bonds is 10. The number of piperidine rings is 1. The summed E-state index contributed by atoms with van der Waals surface area (Å²) in [5.74, 6) is 0.0154. The van der Waals surface area contributed by atoms with E-state index in [2.05, 4.69) is 32.1 Å². The number of furan rings is 1. The third-order valence-electron chi connectivity index (χ3n) is 8.98. The molecular weight excluding hydrogens is 607 g/mol. The Balaban J connectivity index is 0.961. The van der Waals surface area contributed by atoms with Crippen LogP contribution in [0.2, 0.25) is 0 Å². The Labute approximate surface area is 269 Å². The lowest BCUT2D eigenvalue weighted by Gasteiger charge is -2.34. The first-order chi connectivity index (χ1) is 22.1. The second-order valence-electron chi connectivity index (χ2n) is 12.4. The van der Waals surface area contributed by atoms with Crippen molar-refractivity contribution < 1.29 is 26.8 Å². The molecule has 0 spiro atoms. The van der Waals surface area contributed by atoms with E-state index in [0.717, 1.165) is 81.7 Å². The average Bonchev–Trinajstić information content (AvgIpc) is 3.47. The van der Waals surface area contributed by atoms with Gasteiger partial charge in [0.2, 0.25) is 0 Å². The summed E-state index contributed by atoms with van der Waals surface area (Å²) >= 11 is 0. The van der Waals surface area contributed by atoms with E-state index in [0.29, 0.717) is 22.8 Å². The molecule has 3 heterocycles. The smallest absolute Gasteiger partial charge is 0.287 e. The highest BCUT2D eigenvalue weighted by Crippen LogP contribution is 2.24. The minimum Gasteiger partial charge on any atom is -0.494 e. The van der Waals surface area contributed by atoms with Crippen molar-refractivity contribution in [2.45, 2.75) is 43.4 Å². The summed E-state index contributed by atoms with van der Waals surface area (Å²) in [7, 11) is -1.72. The molecule has 1 N–H and O–H groups in total. The Bertz CT molecular complexity index is 1780. The number of piperazine rings is 1. The van der Waals surface area contributed by atoms with E-state index in [1.807, 2.05) is 30.3 Å². The average molecular weight is 649 g/mol. The van der Waals surface area contributed by atoms with Crippen LogP contribution < -0.4 is 10.1 Å². The topological polar surface area (TPSA) is 95.3 Å². The maximum absolute atomic E-state index is 14.1. The van der Waals surface area contributed by atoms with Gasteiger partial charge < -0.3 is 14.5 Å². The molecule has 244 valence electrons. The van der Waals surface area contributed by atoms with Crippen molar-refractivity contribution in [1.82, 2.24) is 20.0 Å². The zero-order valence-corrected chi connectivity index (χ0v) is 27.2. The maximum atomic E-state index is 14.1. The van der Waals surface area contributed by atoms with Crippen LogP contribution in [0.3, 0.4) is 0 Å². The van der Waals surface area contributed by atoms with E-state index >= 15 is 0 Å². The first-order valence-electron chi connectivity index (χ1n) is 15.7. The van der Waals surface area contributed by atoms with E-state index in [1.165, 1.54) is 25.0 Å². The Kier molecular flexibility index (Phi) is 9.74. The summed E-state index contributed by atoms with van der Waals surface area (Å²) < 4.78 is 48.4. The van der Waals surface area contributed by atoms with E-state index < -0.39 is 9.84 Å². The third kappa shape index (κ3) is 7.95.